The van der Waals surface area contributed by atoms with Crippen LogP contribution in [-0.4, -0.2) is 34.0 Å². The molecule has 0 saturated heterocycles. The van der Waals surface area contributed by atoms with Gasteiger partial charge in [-0.2, -0.15) is 4.98 Å². The van der Waals surface area contributed by atoms with Crippen molar-refractivity contribution in [3.63, 3.8) is 0 Å². The topological polar surface area (TPSA) is 71.3 Å². The highest BCUT2D eigenvalue weighted by molar-refractivity contribution is 5.75. The zero-order valence-corrected chi connectivity index (χ0v) is 16.1. The number of hydrogen-bond acceptors (Lipinski definition) is 5. The monoisotopic (exact) mass is 358 g/mol. The first kappa shape index (κ1) is 20.1. The van der Waals surface area contributed by atoms with Crippen molar-refractivity contribution in [2.75, 3.05) is 13.1 Å². The highest BCUT2D eigenvalue weighted by Gasteiger charge is 2.07. The second kappa shape index (κ2) is 10.7. The molecule has 0 aliphatic rings. The molecule has 1 heterocycles. The lowest BCUT2D eigenvalue weighted by Gasteiger charge is -2.18. The fourth-order valence-corrected chi connectivity index (χ4v) is 2.77. The number of hydrogen-bond donors (Lipinski definition) is 1. The summed E-state index contributed by atoms with van der Waals surface area (Å²) in [5, 5.41) is 6.85. The van der Waals surface area contributed by atoms with E-state index in [1.807, 2.05) is 6.92 Å². The van der Waals surface area contributed by atoms with Crippen LogP contribution < -0.4 is 5.32 Å². The SMILES string of the molecule is CCc1noc(CCCC(=O)NCc2cccc(CN(CC)CC)c2)n1. The third-order valence-electron chi connectivity index (χ3n) is 4.40. The summed E-state index contributed by atoms with van der Waals surface area (Å²) in [5.74, 6) is 1.38. The van der Waals surface area contributed by atoms with Crippen LogP contribution in [0.25, 0.3) is 0 Å². The molecule has 0 fully saturated rings. The van der Waals surface area contributed by atoms with Gasteiger partial charge in [-0.05, 0) is 30.6 Å². The number of aromatic nitrogens is 2. The molecule has 1 amide bonds. The van der Waals surface area contributed by atoms with Gasteiger partial charge in [0.2, 0.25) is 11.8 Å². The van der Waals surface area contributed by atoms with E-state index in [0.29, 0.717) is 37.5 Å². The van der Waals surface area contributed by atoms with E-state index in [-0.39, 0.29) is 5.91 Å². The lowest BCUT2D eigenvalue weighted by molar-refractivity contribution is -0.121. The summed E-state index contributed by atoms with van der Waals surface area (Å²) in [6, 6.07) is 8.42. The molecule has 0 aliphatic heterocycles. The summed E-state index contributed by atoms with van der Waals surface area (Å²) in [6.45, 7) is 9.91. The third-order valence-corrected chi connectivity index (χ3v) is 4.40. The van der Waals surface area contributed by atoms with Crippen molar-refractivity contribution in [2.45, 2.75) is 59.5 Å². The predicted octanol–water partition coefficient (Wildman–Crippen LogP) is 3.11. The fraction of sp³-hybridized carbons (Fsp3) is 0.550. The number of nitrogens with zero attached hydrogens (tertiary/aromatic N) is 3. The number of nitrogens with one attached hydrogen (secondary N) is 1. The van der Waals surface area contributed by atoms with Crippen LogP contribution in [0.5, 0.6) is 0 Å². The molecule has 26 heavy (non-hydrogen) atoms. The molecule has 6 nitrogen and oxygen atoms in total. The third kappa shape index (κ3) is 6.59. The van der Waals surface area contributed by atoms with Crippen LogP contribution in [0.15, 0.2) is 28.8 Å². The lowest BCUT2D eigenvalue weighted by Crippen LogP contribution is -2.23. The van der Waals surface area contributed by atoms with Crippen molar-refractivity contribution < 1.29 is 9.32 Å². The Morgan fingerprint density at radius 2 is 1.96 bits per heavy atom. The van der Waals surface area contributed by atoms with Gasteiger partial charge in [-0.3, -0.25) is 9.69 Å². The molecule has 0 aliphatic carbocycles. The second-order valence-corrected chi connectivity index (χ2v) is 6.37. The summed E-state index contributed by atoms with van der Waals surface area (Å²) >= 11 is 0. The summed E-state index contributed by atoms with van der Waals surface area (Å²) in [6.07, 6.45) is 2.57. The van der Waals surface area contributed by atoms with Gasteiger partial charge in [-0.15, -0.1) is 0 Å². The molecule has 0 saturated carbocycles. The number of aryl methyl sites for hydroxylation is 2. The van der Waals surface area contributed by atoms with E-state index < -0.39 is 0 Å². The molecule has 1 N–H and O–H groups in total. The maximum atomic E-state index is 12.0. The van der Waals surface area contributed by atoms with Crippen molar-refractivity contribution >= 4 is 5.91 Å². The predicted molar refractivity (Wildman–Crippen MR) is 102 cm³/mol. The number of rotatable bonds is 11. The van der Waals surface area contributed by atoms with Gasteiger partial charge in [-0.1, -0.05) is 50.2 Å². The first-order valence-corrected chi connectivity index (χ1v) is 9.52. The van der Waals surface area contributed by atoms with Gasteiger partial charge in [0.15, 0.2) is 5.82 Å². The van der Waals surface area contributed by atoms with Gasteiger partial charge in [0, 0.05) is 32.4 Å². The fourth-order valence-electron chi connectivity index (χ4n) is 2.77. The van der Waals surface area contributed by atoms with Crippen LogP contribution in [0.4, 0.5) is 0 Å². The minimum Gasteiger partial charge on any atom is -0.352 e. The first-order valence-electron chi connectivity index (χ1n) is 9.52. The molecule has 0 radical (unpaired) electrons. The largest absolute Gasteiger partial charge is 0.352 e. The Kier molecular flexibility index (Phi) is 8.28. The van der Waals surface area contributed by atoms with E-state index in [4.69, 9.17) is 4.52 Å². The Morgan fingerprint density at radius 3 is 2.65 bits per heavy atom. The van der Waals surface area contributed by atoms with E-state index in [9.17, 15) is 4.79 Å². The van der Waals surface area contributed by atoms with Crippen LogP contribution in [0.1, 0.15) is 56.5 Å². The Bertz CT molecular complexity index is 680. The standard InChI is InChI=1S/C20H30N4O2/c1-4-18-22-20(26-23-18)12-8-11-19(25)21-14-16-9-7-10-17(13-16)15-24(5-2)6-3/h7,9-10,13H,4-6,8,11-12,14-15H2,1-3H3,(H,21,25). The van der Waals surface area contributed by atoms with Crippen molar-refractivity contribution in [2.24, 2.45) is 0 Å². The number of carbonyl (C=O) groups is 1. The Labute approximate surface area is 156 Å². The zero-order chi connectivity index (χ0) is 18.8. The van der Waals surface area contributed by atoms with Crippen molar-refractivity contribution in [1.82, 2.24) is 20.4 Å². The van der Waals surface area contributed by atoms with E-state index >= 15 is 0 Å². The van der Waals surface area contributed by atoms with E-state index in [0.717, 1.165) is 31.6 Å². The van der Waals surface area contributed by atoms with E-state index in [1.165, 1.54) is 5.56 Å². The van der Waals surface area contributed by atoms with Gasteiger partial charge >= 0.3 is 0 Å². The summed E-state index contributed by atoms with van der Waals surface area (Å²) in [5.41, 5.74) is 2.41. The molecule has 142 valence electrons. The van der Waals surface area contributed by atoms with Crippen molar-refractivity contribution in [3.05, 3.63) is 47.1 Å². The van der Waals surface area contributed by atoms with Crippen LogP contribution in [0.3, 0.4) is 0 Å². The van der Waals surface area contributed by atoms with Crippen LogP contribution >= 0.6 is 0 Å². The van der Waals surface area contributed by atoms with Gasteiger partial charge < -0.3 is 9.84 Å². The van der Waals surface area contributed by atoms with E-state index in [2.05, 4.69) is 58.5 Å². The Balaban J connectivity index is 1.72. The molecule has 1 aromatic carbocycles. The Hall–Kier alpha value is -2.21. The van der Waals surface area contributed by atoms with E-state index in [1.54, 1.807) is 0 Å². The smallest absolute Gasteiger partial charge is 0.226 e. The molecule has 0 spiro atoms. The minimum absolute atomic E-state index is 0.0503. The first-order chi connectivity index (χ1) is 12.6. The summed E-state index contributed by atoms with van der Waals surface area (Å²) < 4.78 is 5.13. The molecule has 0 atom stereocenters. The zero-order valence-electron chi connectivity index (χ0n) is 16.1. The number of benzene rings is 1. The highest BCUT2D eigenvalue weighted by Crippen LogP contribution is 2.09. The molecule has 6 heteroatoms. The van der Waals surface area contributed by atoms with Crippen LogP contribution in [-0.2, 0) is 30.7 Å². The average molecular weight is 358 g/mol. The second-order valence-electron chi connectivity index (χ2n) is 6.37. The van der Waals surface area contributed by atoms with Crippen LogP contribution in [0.2, 0.25) is 0 Å². The molecule has 2 rings (SSSR count). The van der Waals surface area contributed by atoms with Gasteiger partial charge in [0.25, 0.3) is 0 Å². The molecule has 1 aromatic heterocycles. The summed E-state index contributed by atoms with van der Waals surface area (Å²) in [7, 11) is 0. The quantitative estimate of drug-likeness (QED) is 0.668. The van der Waals surface area contributed by atoms with Gasteiger partial charge in [0.1, 0.15) is 0 Å². The molecule has 0 unspecified atom stereocenters. The average Bonchev–Trinajstić information content (AvgIpc) is 3.13. The molecular formula is C20H30N4O2. The molecule has 0 bridgehead atoms. The number of amides is 1. The van der Waals surface area contributed by atoms with Gasteiger partial charge in [-0.25, -0.2) is 0 Å². The molecule has 2 aromatic rings. The lowest BCUT2D eigenvalue weighted by atomic mass is 10.1. The Morgan fingerprint density at radius 1 is 1.19 bits per heavy atom. The minimum atomic E-state index is 0.0503. The summed E-state index contributed by atoms with van der Waals surface area (Å²) in [4.78, 5) is 18.7. The maximum Gasteiger partial charge on any atom is 0.226 e. The normalized spacial score (nSPS) is 11.1. The van der Waals surface area contributed by atoms with Crippen molar-refractivity contribution in [3.8, 4) is 0 Å². The van der Waals surface area contributed by atoms with Crippen LogP contribution in [0, 0.1) is 0 Å². The highest BCUT2D eigenvalue weighted by atomic mass is 16.5. The number of carbonyl (C=O) groups excluding carboxylic acids is 1. The van der Waals surface area contributed by atoms with Gasteiger partial charge in [0.05, 0.1) is 0 Å². The molecular weight excluding hydrogens is 328 g/mol. The van der Waals surface area contributed by atoms with Crippen molar-refractivity contribution in [1.29, 1.82) is 0 Å². The maximum absolute atomic E-state index is 12.0.